The van der Waals surface area contributed by atoms with Crippen LogP contribution in [0.5, 0.6) is 0 Å². The number of rotatable bonds is 3. The maximum atomic E-state index is 11.4. The Morgan fingerprint density at radius 3 is 2.45 bits per heavy atom. The van der Waals surface area contributed by atoms with Gasteiger partial charge in [-0.3, -0.25) is 9.69 Å². The van der Waals surface area contributed by atoms with Crippen molar-refractivity contribution in [2.45, 2.75) is 83.3 Å². The van der Waals surface area contributed by atoms with Gasteiger partial charge < -0.3 is 5.11 Å². The van der Waals surface area contributed by atoms with Crippen molar-refractivity contribution >= 4 is 5.97 Å². The lowest BCUT2D eigenvalue weighted by atomic mass is 9.89. The Bertz CT molecular complexity index is 368. The quantitative estimate of drug-likeness (QED) is 0.803. The highest BCUT2D eigenvalue weighted by molar-refractivity contribution is 5.71. The van der Waals surface area contributed by atoms with Crippen LogP contribution >= 0.6 is 0 Å². The van der Waals surface area contributed by atoms with Crippen LogP contribution in [0.2, 0.25) is 0 Å². The van der Waals surface area contributed by atoms with E-state index in [1.54, 1.807) is 0 Å². The minimum atomic E-state index is -0.559. The Hall–Kier alpha value is -0.570. The molecule has 2 bridgehead atoms. The van der Waals surface area contributed by atoms with E-state index < -0.39 is 5.97 Å². The second-order valence-electron chi connectivity index (χ2n) is 7.59. The average molecular weight is 279 g/mol. The van der Waals surface area contributed by atoms with Gasteiger partial charge in [0.2, 0.25) is 0 Å². The smallest absolute Gasteiger partial charge is 0.308 e. The zero-order valence-electron chi connectivity index (χ0n) is 12.9. The maximum absolute atomic E-state index is 11.4. The number of carboxylic acids is 1. The summed E-state index contributed by atoms with van der Waals surface area (Å²) >= 11 is 0. The van der Waals surface area contributed by atoms with Gasteiger partial charge in [0.25, 0.3) is 0 Å². The summed E-state index contributed by atoms with van der Waals surface area (Å²) in [6, 6.07) is 1.58. The van der Waals surface area contributed by atoms with E-state index in [1.165, 1.54) is 38.5 Å². The molecule has 1 N–H and O–H groups in total. The molecule has 2 aliphatic heterocycles. The molecule has 2 saturated heterocycles. The van der Waals surface area contributed by atoms with Crippen LogP contribution in [-0.2, 0) is 4.79 Å². The molecule has 1 saturated carbocycles. The molecule has 0 spiro atoms. The fourth-order valence-corrected chi connectivity index (χ4v) is 5.14. The molecule has 3 fully saturated rings. The van der Waals surface area contributed by atoms with Gasteiger partial charge in [-0.15, -0.1) is 0 Å². The third-order valence-electron chi connectivity index (χ3n) is 6.26. The van der Waals surface area contributed by atoms with Crippen molar-refractivity contribution in [1.82, 2.24) is 4.90 Å². The number of aliphatic carboxylic acids is 1. The zero-order valence-corrected chi connectivity index (χ0v) is 12.9. The third-order valence-corrected chi connectivity index (χ3v) is 6.26. The fourth-order valence-electron chi connectivity index (χ4n) is 5.14. The second-order valence-corrected chi connectivity index (χ2v) is 7.59. The predicted molar refractivity (Wildman–Crippen MR) is 79.6 cm³/mol. The molecule has 2 heterocycles. The van der Waals surface area contributed by atoms with E-state index in [-0.39, 0.29) is 5.92 Å². The molecule has 3 aliphatic rings. The van der Waals surface area contributed by atoms with Crippen molar-refractivity contribution in [2.75, 3.05) is 0 Å². The normalized spacial score (nSPS) is 42.0. The minimum absolute atomic E-state index is 0.0853. The molecule has 1 aliphatic carbocycles. The van der Waals surface area contributed by atoms with Crippen LogP contribution in [0.15, 0.2) is 0 Å². The van der Waals surface area contributed by atoms with Crippen molar-refractivity contribution in [3.63, 3.8) is 0 Å². The summed E-state index contributed by atoms with van der Waals surface area (Å²) < 4.78 is 0. The maximum Gasteiger partial charge on any atom is 0.308 e. The molecule has 5 unspecified atom stereocenters. The van der Waals surface area contributed by atoms with E-state index in [4.69, 9.17) is 0 Å². The van der Waals surface area contributed by atoms with E-state index >= 15 is 0 Å². The number of carbonyl (C=O) groups is 1. The van der Waals surface area contributed by atoms with E-state index in [0.717, 1.165) is 24.7 Å². The molecule has 114 valence electrons. The van der Waals surface area contributed by atoms with Crippen molar-refractivity contribution in [1.29, 1.82) is 0 Å². The van der Waals surface area contributed by atoms with Gasteiger partial charge in [0.05, 0.1) is 5.92 Å². The highest BCUT2D eigenvalue weighted by Gasteiger charge is 2.51. The molecule has 3 rings (SSSR count). The van der Waals surface area contributed by atoms with E-state index in [1.807, 2.05) is 0 Å². The Labute approximate surface area is 122 Å². The highest BCUT2D eigenvalue weighted by Crippen LogP contribution is 2.45. The number of carboxylic acid groups (broad SMARTS) is 1. The lowest BCUT2D eigenvalue weighted by Gasteiger charge is -2.32. The molecule has 3 nitrogen and oxygen atoms in total. The molecule has 3 heteroatoms. The summed E-state index contributed by atoms with van der Waals surface area (Å²) in [6.07, 6.45) is 9.90. The summed E-state index contributed by atoms with van der Waals surface area (Å²) in [7, 11) is 0. The van der Waals surface area contributed by atoms with Gasteiger partial charge >= 0.3 is 5.97 Å². The van der Waals surface area contributed by atoms with Crippen LogP contribution in [0.1, 0.15) is 65.2 Å². The SMILES string of the molecule is CC(C)C1CCCC(N2C3CCC2C(C(=O)O)C3)CC1. The Morgan fingerprint density at radius 1 is 1.05 bits per heavy atom. The lowest BCUT2D eigenvalue weighted by Crippen LogP contribution is -2.40. The first-order valence-electron chi connectivity index (χ1n) is 8.58. The van der Waals surface area contributed by atoms with Crippen molar-refractivity contribution < 1.29 is 9.90 Å². The minimum Gasteiger partial charge on any atom is -0.481 e. The summed E-state index contributed by atoms with van der Waals surface area (Å²) in [5, 5.41) is 9.40. The molecular weight excluding hydrogens is 250 g/mol. The summed E-state index contributed by atoms with van der Waals surface area (Å²) in [4.78, 5) is 14.0. The molecule has 0 aromatic carbocycles. The van der Waals surface area contributed by atoms with E-state index in [9.17, 15) is 9.90 Å². The van der Waals surface area contributed by atoms with Crippen molar-refractivity contribution in [3.05, 3.63) is 0 Å². The molecular formula is C17H29NO2. The Balaban J connectivity index is 1.66. The molecule has 5 atom stereocenters. The molecule has 0 aromatic rings. The number of hydrogen-bond acceptors (Lipinski definition) is 2. The molecule has 0 aromatic heterocycles. The highest BCUT2D eigenvalue weighted by atomic mass is 16.4. The first kappa shape index (κ1) is 14.4. The first-order chi connectivity index (χ1) is 9.58. The van der Waals surface area contributed by atoms with Crippen LogP contribution in [0.3, 0.4) is 0 Å². The van der Waals surface area contributed by atoms with Gasteiger partial charge in [-0.2, -0.15) is 0 Å². The van der Waals surface area contributed by atoms with Crippen molar-refractivity contribution in [2.24, 2.45) is 17.8 Å². The lowest BCUT2D eigenvalue weighted by molar-refractivity contribution is -0.142. The van der Waals surface area contributed by atoms with Gasteiger partial charge in [0.1, 0.15) is 0 Å². The molecule has 0 amide bonds. The van der Waals surface area contributed by atoms with Crippen LogP contribution in [0, 0.1) is 17.8 Å². The Morgan fingerprint density at radius 2 is 1.80 bits per heavy atom. The van der Waals surface area contributed by atoms with Gasteiger partial charge in [-0.25, -0.2) is 0 Å². The number of hydrogen-bond donors (Lipinski definition) is 1. The van der Waals surface area contributed by atoms with E-state index in [0.29, 0.717) is 18.1 Å². The zero-order chi connectivity index (χ0) is 14.3. The topological polar surface area (TPSA) is 40.5 Å². The van der Waals surface area contributed by atoms with Gasteiger partial charge in [0.15, 0.2) is 0 Å². The Kier molecular flexibility index (Phi) is 4.07. The largest absolute Gasteiger partial charge is 0.481 e. The number of nitrogens with zero attached hydrogens (tertiary/aromatic N) is 1. The average Bonchev–Trinajstić information content (AvgIpc) is 2.87. The third kappa shape index (κ3) is 2.49. The van der Waals surface area contributed by atoms with Crippen LogP contribution < -0.4 is 0 Å². The van der Waals surface area contributed by atoms with Crippen LogP contribution in [-0.4, -0.2) is 34.1 Å². The fraction of sp³-hybridized carbons (Fsp3) is 0.941. The monoisotopic (exact) mass is 279 g/mol. The van der Waals surface area contributed by atoms with Crippen molar-refractivity contribution in [3.8, 4) is 0 Å². The van der Waals surface area contributed by atoms with Crippen LogP contribution in [0.25, 0.3) is 0 Å². The van der Waals surface area contributed by atoms with Gasteiger partial charge in [0, 0.05) is 18.1 Å². The second kappa shape index (κ2) is 5.67. The van der Waals surface area contributed by atoms with E-state index in [2.05, 4.69) is 18.7 Å². The summed E-state index contributed by atoms with van der Waals surface area (Å²) in [5.41, 5.74) is 0. The van der Waals surface area contributed by atoms with Gasteiger partial charge in [-0.05, 0) is 50.4 Å². The van der Waals surface area contributed by atoms with Crippen LogP contribution in [0.4, 0.5) is 0 Å². The standard InChI is InChI=1S/C17H29NO2/c1-11(2)12-4-3-5-13(7-6-12)18-14-8-9-16(18)15(10-14)17(19)20/h11-16H,3-10H2,1-2H3,(H,19,20). The number of fused-ring (bicyclic) bond motifs is 2. The summed E-state index contributed by atoms with van der Waals surface area (Å²) in [6.45, 7) is 4.70. The first-order valence-corrected chi connectivity index (χ1v) is 8.58. The summed E-state index contributed by atoms with van der Waals surface area (Å²) in [5.74, 6) is 1.04. The van der Waals surface area contributed by atoms with Gasteiger partial charge in [-0.1, -0.05) is 26.7 Å². The molecule has 0 radical (unpaired) electrons. The predicted octanol–water partition coefficient (Wildman–Crippen LogP) is 3.53. The molecule has 20 heavy (non-hydrogen) atoms.